The number of carboxylic acids is 1. The molecule has 0 saturated heterocycles. The van der Waals surface area contributed by atoms with Crippen LogP contribution in [-0.2, 0) is 9.59 Å². The van der Waals surface area contributed by atoms with Crippen molar-refractivity contribution in [3.05, 3.63) is 36.8 Å². The van der Waals surface area contributed by atoms with Gasteiger partial charge in [0, 0.05) is 18.3 Å². The maximum atomic E-state index is 11.9. The van der Waals surface area contributed by atoms with Crippen LogP contribution in [0.15, 0.2) is 36.8 Å². The minimum absolute atomic E-state index is 0.152. The Morgan fingerprint density at radius 1 is 1.29 bits per heavy atom. The Kier molecular flexibility index (Phi) is 3.39. The third-order valence-electron chi connectivity index (χ3n) is 3.61. The Labute approximate surface area is 120 Å². The van der Waals surface area contributed by atoms with Gasteiger partial charge in [0.25, 0.3) is 0 Å². The van der Waals surface area contributed by atoms with E-state index in [-0.39, 0.29) is 17.7 Å². The molecule has 2 N–H and O–H groups in total. The van der Waals surface area contributed by atoms with Crippen molar-refractivity contribution >= 4 is 17.6 Å². The van der Waals surface area contributed by atoms with Gasteiger partial charge in [-0.15, -0.1) is 0 Å². The van der Waals surface area contributed by atoms with E-state index in [1.165, 1.54) is 0 Å². The summed E-state index contributed by atoms with van der Waals surface area (Å²) in [5.74, 6) is -0.934. The Hall–Kier alpha value is -2.70. The number of carboxylic acid groups (broad SMARTS) is 1. The zero-order valence-electron chi connectivity index (χ0n) is 11.1. The van der Waals surface area contributed by atoms with Crippen LogP contribution in [0.1, 0.15) is 12.8 Å². The van der Waals surface area contributed by atoms with E-state index < -0.39 is 5.97 Å². The van der Waals surface area contributed by atoms with Crippen molar-refractivity contribution in [1.29, 1.82) is 0 Å². The van der Waals surface area contributed by atoms with Gasteiger partial charge in [-0.2, -0.15) is 5.10 Å². The van der Waals surface area contributed by atoms with Crippen LogP contribution in [0.3, 0.4) is 0 Å². The summed E-state index contributed by atoms with van der Waals surface area (Å²) in [6.45, 7) is 0. The topological polar surface area (TPSA) is 97.1 Å². The molecule has 3 rings (SSSR count). The summed E-state index contributed by atoms with van der Waals surface area (Å²) in [6, 6.07) is 5.30. The molecule has 1 aliphatic carbocycles. The lowest BCUT2D eigenvalue weighted by molar-refractivity contribution is -0.147. The van der Waals surface area contributed by atoms with Crippen molar-refractivity contribution in [1.82, 2.24) is 14.8 Å². The van der Waals surface area contributed by atoms with Crippen LogP contribution >= 0.6 is 0 Å². The molecule has 21 heavy (non-hydrogen) atoms. The first-order chi connectivity index (χ1) is 10.1. The molecule has 0 aromatic carbocycles. The van der Waals surface area contributed by atoms with Gasteiger partial charge in [-0.1, -0.05) is 0 Å². The summed E-state index contributed by atoms with van der Waals surface area (Å²) >= 11 is 0. The number of hydrogen-bond acceptors (Lipinski definition) is 4. The molecule has 0 bridgehead atoms. The smallest absolute Gasteiger partial charge is 0.306 e. The van der Waals surface area contributed by atoms with Gasteiger partial charge >= 0.3 is 5.97 Å². The van der Waals surface area contributed by atoms with Crippen molar-refractivity contribution < 1.29 is 14.7 Å². The molecular weight excluding hydrogens is 272 g/mol. The summed E-state index contributed by atoms with van der Waals surface area (Å²) in [5.41, 5.74) is 0.592. The number of anilines is 1. The predicted octanol–water partition coefficient (Wildman–Crippen LogP) is 1.32. The van der Waals surface area contributed by atoms with Crippen LogP contribution in [0.4, 0.5) is 5.69 Å². The average molecular weight is 286 g/mol. The Morgan fingerprint density at radius 2 is 2.10 bits per heavy atom. The number of aromatic nitrogens is 3. The van der Waals surface area contributed by atoms with Crippen LogP contribution in [0.25, 0.3) is 5.82 Å². The van der Waals surface area contributed by atoms with E-state index in [2.05, 4.69) is 15.4 Å². The first-order valence-corrected chi connectivity index (χ1v) is 6.63. The lowest BCUT2D eigenvalue weighted by atomic mass is 9.74. The molecule has 1 saturated carbocycles. The molecule has 0 unspecified atom stereocenters. The van der Waals surface area contributed by atoms with Gasteiger partial charge < -0.3 is 10.4 Å². The Balaban J connectivity index is 1.59. The second-order valence-corrected chi connectivity index (χ2v) is 5.05. The summed E-state index contributed by atoms with van der Waals surface area (Å²) < 4.78 is 1.62. The largest absolute Gasteiger partial charge is 0.481 e. The third-order valence-corrected chi connectivity index (χ3v) is 3.61. The number of hydrogen-bond donors (Lipinski definition) is 2. The molecule has 1 fully saturated rings. The lowest BCUT2D eigenvalue weighted by Crippen LogP contribution is -2.38. The number of aliphatic carboxylic acids is 1. The fraction of sp³-hybridized carbons (Fsp3) is 0.286. The number of nitrogens with one attached hydrogen (secondary N) is 1. The monoisotopic (exact) mass is 286 g/mol. The van der Waals surface area contributed by atoms with Crippen molar-refractivity contribution in [3.63, 3.8) is 0 Å². The summed E-state index contributed by atoms with van der Waals surface area (Å²) in [4.78, 5) is 26.8. The molecule has 2 aromatic heterocycles. The molecule has 0 aliphatic heterocycles. The van der Waals surface area contributed by atoms with Gasteiger partial charge in [0.15, 0.2) is 5.82 Å². The number of carbonyl (C=O) groups excluding carboxylic acids is 1. The summed E-state index contributed by atoms with van der Waals surface area (Å²) in [7, 11) is 0. The standard InChI is InChI=1S/C14H14N4O3/c19-13(9-6-10(7-9)14(20)21)17-11-2-3-12(15-8-11)18-5-1-4-16-18/h1-5,8-10H,6-7H2,(H,17,19)(H,20,21). The van der Waals surface area contributed by atoms with E-state index in [1.807, 2.05) is 0 Å². The van der Waals surface area contributed by atoms with Crippen LogP contribution in [0.2, 0.25) is 0 Å². The van der Waals surface area contributed by atoms with Gasteiger partial charge in [0.05, 0.1) is 17.8 Å². The molecule has 7 heteroatoms. The normalized spacial score (nSPS) is 20.6. The summed E-state index contributed by atoms with van der Waals surface area (Å²) in [5, 5.41) is 15.6. The minimum Gasteiger partial charge on any atom is -0.481 e. The lowest BCUT2D eigenvalue weighted by Gasteiger charge is -2.30. The van der Waals surface area contributed by atoms with Gasteiger partial charge in [-0.05, 0) is 31.0 Å². The Morgan fingerprint density at radius 3 is 2.67 bits per heavy atom. The number of carbonyl (C=O) groups is 2. The van der Waals surface area contributed by atoms with Crippen molar-refractivity contribution in [3.8, 4) is 5.82 Å². The third kappa shape index (κ3) is 2.76. The van der Waals surface area contributed by atoms with Gasteiger partial charge in [-0.3, -0.25) is 9.59 Å². The molecule has 2 aromatic rings. The van der Waals surface area contributed by atoms with E-state index in [4.69, 9.17) is 5.11 Å². The number of amides is 1. The highest BCUT2D eigenvalue weighted by molar-refractivity contribution is 5.94. The summed E-state index contributed by atoms with van der Waals surface area (Å²) in [6.07, 6.45) is 5.80. The number of nitrogens with zero attached hydrogens (tertiary/aromatic N) is 3. The first kappa shape index (κ1) is 13.3. The molecule has 0 atom stereocenters. The van der Waals surface area contributed by atoms with Gasteiger partial charge in [0.1, 0.15) is 0 Å². The SMILES string of the molecule is O=C(O)C1CC(C(=O)Nc2ccc(-n3cccn3)nc2)C1. The Bertz CT molecular complexity index is 645. The van der Waals surface area contributed by atoms with Crippen LogP contribution in [0.5, 0.6) is 0 Å². The molecule has 108 valence electrons. The van der Waals surface area contributed by atoms with Gasteiger partial charge in [-0.25, -0.2) is 9.67 Å². The maximum absolute atomic E-state index is 11.9. The molecule has 7 nitrogen and oxygen atoms in total. The second-order valence-electron chi connectivity index (χ2n) is 5.05. The molecular formula is C14H14N4O3. The van der Waals surface area contributed by atoms with Crippen molar-refractivity contribution in [2.45, 2.75) is 12.8 Å². The van der Waals surface area contributed by atoms with E-state index in [0.29, 0.717) is 24.3 Å². The second kappa shape index (κ2) is 5.35. The minimum atomic E-state index is -0.829. The zero-order valence-corrected chi connectivity index (χ0v) is 11.1. The molecule has 0 radical (unpaired) electrons. The van der Waals surface area contributed by atoms with E-state index >= 15 is 0 Å². The fourth-order valence-corrected chi connectivity index (χ4v) is 2.28. The average Bonchev–Trinajstić information content (AvgIpc) is 2.91. The molecule has 1 amide bonds. The van der Waals surface area contributed by atoms with Gasteiger partial charge in [0.2, 0.25) is 5.91 Å². The highest BCUT2D eigenvalue weighted by Gasteiger charge is 2.38. The van der Waals surface area contributed by atoms with E-state index in [9.17, 15) is 9.59 Å². The number of rotatable bonds is 4. The van der Waals surface area contributed by atoms with E-state index in [0.717, 1.165) is 0 Å². The molecule has 2 heterocycles. The van der Waals surface area contributed by atoms with Crippen LogP contribution in [0, 0.1) is 11.8 Å². The maximum Gasteiger partial charge on any atom is 0.306 e. The predicted molar refractivity (Wildman–Crippen MR) is 73.8 cm³/mol. The fourth-order valence-electron chi connectivity index (χ4n) is 2.28. The molecule has 0 spiro atoms. The number of pyridine rings is 1. The highest BCUT2D eigenvalue weighted by Crippen LogP contribution is 2.34. The van der Waals surface area contributed by atoms with Crippen LogP contribution < -0.4 is 5.32 Å². The zero-order chi connectivity index (χ0) is 14.8. The first-order valence-electron chi connectivity index (χ1n) is 6.63. The molecule has 1 aliphatic rings. The quantitative estimate of drug-likeness (QED) is 0.883. The van der Waals surface area contributed by atoms with Crippen molar-refractivity contribution in [2.75, 3.05) is 5.32 Å². The highest BCUT2D eigenvalue weighted by atomic mass is 16.4. The van der Waals surface area contributed by atoms with E-state index in [1.54, 1.807) is 41.5 Å². The van der Waals surface area contributed by atoms with Crippen molar-refractivity contribution in [2.24, 2.45) is 11.8 Å². The van der Waals surface area contributed by atoms with Crippen LogP contribution in [-0.4, -0.2) is 31.7 Å².